The summed E-state index contributed by atoms with van der Waals surface area (Å²) in [6.07, 6.45) is 1.31. The number of carbonyl (C=O) groups excluding carboxylic acids is 1. The molecule has 1 radical (unpaired) electrons. The van der Waals surface area contributed by atoms with Crippen LogP contribution in [-0.2, 0) is 24.9 Å². The van der Waals surface area contributed by atoms with Crippen molar-refractivity contribution in [1.82, 2.24) is 4.98 Å². The van der Waals surface area contributed by atoms with Crippen molar-refractivity contribution >= 4 is 16.7 Å². The van der Waals surface area contributed by atoms with Gasteiger partial charge in [-0.3, -0.25) is 9.78 Å². The van der Waals surface area contributed by atoms with Gasteiger partial charge in [-0.05, 0) is 17.1 Å². The van der Waals surface area contributed by atoms with Crippen LogP contribution < -0.4 is 0 Å². The van der Waals surface area contributed by atoms with E-state index >= 15 is 0 Å². The normalized spacial score (nSPS) is 11.1. The molecule has 3 rings (SSSR count). The van der Waals surface area contributed by atoms with Crippen molar-refractivity contribution in [1.29, 1.82) is 0 Å². The first-order valence-corrected chi connectivity index (χ1v) is 9.98. The van der Waals surface area contributed by atoms with Gasteiger partial charge in [0.1, 0.15) is 0 Å². The minimum absolute atomic E-state index is 0. The Labute approximate surface area is 193 Å². The van der Waals surface area contributed by atoms with Crippen LogP contribution in [0.5, 0.6) is 0 Å². The third-order valence-corrected chi connectivity index (χ3v) is 4.47. The second-order valence-corrected chi connectivity index (χ2v) is 7.92. The molecule has 0 amide bonds. The van der Waals surface area contributed by atoms with Gasteiger partial charge in [-0.15, -0.1) is 34.9 Å². The number of pyridine rings is 1. The second-order valence-electron chi connectivity index (χ2n) is 7.92. The Kier molecular flexibility index (Phi) is 10.1. The van der Waals surface area contributed by atoms with Crippen LogP contribution in [0.25, 0.3) is 22.2 Å². The van der Waals surface area contributed by atoms with Crippen molar-refractivity contribution in [2.75, 3.05) is 0 Å². The monoisotopic (exact) mass is 581 g/mol. The number of hydrogen-bond donors (Lipinski definition) is 1. The average molecular weight is 581 g/mol. The molecule has 30 heavy (non-hydrogen) atoms. The maximum atomic E-state index is 11.0. The fourth-order valence-corrected chi connectivity index (χ4v) is 2.73. The van der Waals surface area contributed by atoms with E-state index in [0.29, 0.717) is 0 Å². The number of aromatic nitrogens is 1. The Balaban J connectivity index is 0.000000329. The first kappa shape index (κ1) is 25.7. The molecule has 0 aliphatic carbocycles. The Morgan fingerprint density at radius 3 is 2.27 bits per heavy atom. The summed E-state index contributed by atoms with van der Waals surface area (Å²) in [6, 6.07) is 20.0. The molecule has 2 aromatic carbocycles. The molecule has 0 aliphatic rings. The van der Waals surface area contributed by atoms with E-state index in [0.717, 1.165) is 22.3 Å². The summed E-state index contributed by atoms with van der Waals surface area (Å²) < 4.78 is 0. The molecule has 0 unspecified atom stereocenters. The summed E-state index contributed by atoms with van der Waals surface area (Å²) >= 11 is 0. The van der Waals surface area contributed by atoms with Gasteiger partial charge in [-0.2, -0.15) is 0 Å². The van der Waals surface area contributed by atoms with E-state index in [1.54, 1.807) is 0 Å². The SMILES string of the molecule is CC(C)C(=O)C=C(O)C(C)C.Cc1[c-]c(-c2ccc3ccccc3n2)cc(C)c1.[Ir]. The standard InChI is InChI=1S/C17H14N.C9H16O2.Ir/c1-12-9-13(2)11-15(10-12)17-8-7-14-5-3-4-6-16(14)18-17;1-6(2)8(10)5-9(11)7(3)4;/h3-10H,1-2H3;5-7,10H,1-4H3;/q-1;;. The molecule has 3 nitrogen and oxygen atoms in total. The number of aryl methyl sites for hydroxylation is 2. The number of benzene rings is 2. The molecule has 0 atom stereocenters. The zero-order valence-electron chi connectivity index (χ0n) is 18.5. The molecule has 1 heterocycles. The van der Waals surface area contributed by atoms with Crippen molar-refractivity contribution in [2.24, 2.45) is 11.8 Å². The molecule has 161 valence electrons. The van der Waals surface area contributed by atoms with Gasteiger partial charge in [-0.1, -0.05) is 71.9 Å². The molecule has 1 aromatic heterocycles. The average Bonchev–Trinajstić information content (AvgIpc) is 2.67. The van der Waals surface area contributed by atoms with E-state index in [1.165, 1.54) is 17.0 Å². The number of aliphatic hydroxyl groups is 1. The van der Waals surface area contributed by atoms with Gasteiger partial charge in [0.2, 0.25) is 0 Å². The van der Waals surface area contributed by atoms with Crippen molar-refractivity contribution in [3.8, 4) is 11.3 Å². The van der Waals surface area contributed by atoms with E-state index in [-0.39, 0.29) is 43.5 Å². The second kappa shape index (κ2) is 11.8. The predicted molar refractivity (Wildman–Crippen MR) is 121 cm³/mol. The Hall–Kier alpha value is -2.29. The van der Waals surface area contributed by atoms with Crippen LogP contribution >= 0.6 is 0 Å². The molecule has 0 saturated carbocycles. The van der Waals surface area contributed by atoms with Crippen LogP contribution in [0.3, 0.4) is 0 Å². The minimum Gasteiger partial charge on any atom is -0.512 e. The van der Waals surface area contributed by atoms with Gasteiger partial charge in [-0.25, -0.2) is 0 Å². The molecule has 0 fully saturated rings. The van der Waals surface area contributed by atoms with E-state index in [9.17, 15) is 9.90 Å². The topological polar surface area (TPSA) is 50.2 Å². The predicted octanol–water partition coefficient (Wildman–Crippen LogP) is 6.63. The fourth-order valence-electron chi connectivity index (χ4n) is 2.73. The van der Waals surface area contributed by atoms with Gasteiger partial charge < -0.3 is 5.11 Å². The maximum Gasteiger partial charge on any atom is 0.161 e. The molecule has 0 aliphatic heterocycles. The van der Waals surface area contributed by atoms with Gasteiger partial charge in [0.05, 0.1) is 11.3 Å². The van der Waals surface area contributed by atoms with Crippen LogP contribution in [0.15, 0.2) is 60.4 Å². The smallest absolute Gasteiger partial charge is 0.161 e. The summed E-state index contributed by atoms with van der Waals surface area (Å²) in [4.78, 5) is 15.7. The van der Waals surface area contributed by atoms with Gasteiger partial charge in [0.25, 0.3) is 0 Å². The molecule has 4 heteroatoms. The van der Waals surface area contributed by atoms with E-state index in [2.05, 4.69) is 50.2 Å². The van der Waals surface area contributed by atoms with Gasteiger partial charge >= 0.3 is 0 Å². The number of rotatable bonds is 4. The van der Waals surface area contributed by atoms with Crippen molar-refractivity contribution in [3.63, 3.8) is 0 Å². The molecule has 1 N–H and O–H groups in total. The summed E-state index contributed by atoms with van der Waals surface area (Å²) in [5.74, 6) is 0.161. The molecule has 0 spiro atoms. The summed E-state index contributed by atoms with van der Waals surface area (Å²) in [7, 11) is 0. The largest absolute Gasteiger partial charge is 0.512 e. The van der Waals surface area contributed by atoms with Gasteiger partial charge in [0.15, 0.2) is 5.78 Å². The van der Waals surface area contributed by atoms with Crippen LogP contribution in [0.2, 0.25) is 0 Å². The van der Waals surface area contributed by atoms with Crippen LogP contribution in [-0.4, -0.2) is 15.9 Å². The Bertz CT molecular complexity index is 1000. The zero-order chi connectivity index (χ0) is 21.6. The minimum atomic E-state index is -0.0316. The van der Waals surface area contributed by atoms with Crippen LogP contribution in [0.4, 0.5) is 0 Å². The van der Waals surface area contributed by atoms with Gasteiger partial charge in [0, 0.05) is 38.0 Å². The number of allylic oxidation sites excluding steroid dienone is 2. The molecular formula is C26H30IrNO2-. The number of fused-ring (bicyclic) bond motifs is 1. The van der Waals surface area contributed by atoms with Crippen molar-refractivity contribution < 1.29 is 30.0 Å². The number of carbonyl (C=O) groups is 1. The Morgan fingerprint density at radius 1 is 1.00 bits per heavy atom. The third kappa shape index (κ3) is 7.51. The summed E-state index contributed by atoms with van der Waals surface area (Å²) in [5, 5.41) is 10.4. The number of ketones is 1. The number of para-hydroxylation sites is 1. The van der Waals surface area contributed by atoms with Crippen LogP contribution in [0.1, 0.15) is 38.8 Å². The van der Waals surface area contributed by atoms with E-state index in [1.807, 2.05) is 45.9 Å². The Morgan fingerprint density at radius 2 is 1.67 bits per heavy atom. The molecule has 0 saturated heterocycles. The number of aliphatic hydroxyl groups excluding tert-OH is 1. The molecule has 0 bridgehead atoms. The summed E-state index contributed by atoms with van der Waals surface area (Å²) in [6.45, 7) is 11.5. The van der Waals surface area contributed by atoms with Crippen molar-refractivity contribution in [2.45, 2.75) is 41.5 Å². The number of nitrogens with zero attached hydrogens (tertiary/aromatic N) is 1. The molecular weight excluding hydrogens is 551 g/mol. The van der Waals surface area contributed by atoms with E-state index in [4.69, 9.17) is 4.98 Å². The summed E-state index contributed by atoms with van der Waals surface area (Å²) in [5.41, 5.74) is 5.48. The maximum absolute atomic E-state index is 11.0. The first-order chi connectivity index (χ1) is 13.7. The quantitative estimate of drug-likeness (QED) is 0.214. The fraction of sp³-hybridized carbons (Fsp3) is 0.308. The van der Waals surface area contributed by atoms with E-state index < -0.39 is 0 Å². The molecule has 3 aromatic rings. The number of hydrogen-bond acceptors (Lipinski definition) is 3. The van der Waals surface area contributed by atoms with Crippen LogP contribution in [0, 0.1) is 31.7 Å². The third-order valence-electron chi connectivity index (χ3n) is 4.47. The van der Waals surface area contributed by atoms with Crippen molar-refractivity contribution in [3.05, 3.63) is 77.6 Å². The zero-order valence-corrected chi connectivity index (χ0v) is 20.9. The first-order valence-electron chi connectivity index (χ1n) is 9.98.